The number of piperazine rings is 2. The summed E-state index contributed by atoms with van der Waals surface area (Å²) in [6, 6.07) is 14.7. The predicted octanol–water partition coefficient (Wildman–Crippen LogP) is 10.8. The molecule has 0 saturated carbocycles. The normalized spacial score (nSPS) is 14.1. The second kappa shape index (κ2) is 23.6. The van der Waals surface area contributed by atoms with Gasteiger partial charge in [0.25, 0.3) is 11.4 Å². The summed E-state index contributed by atoms with van der Waals surface area (Å²) in [5.74, 6) is -0.743. The molecular formula is C48H50Cl4N8O8S. The van der Waals surface area contributed by atoms with Crippen LogP contribution in [0.15, 0.2) is 82.6 Å². The molecule has 0 bridgehead atoms. The van der Waals surface area contributed by atoms with Gasteiger partial charge in [-0.2, -0.15) is 0 Å². The fourth-order valence-electron chi connectivity index (χ4n) is 8.21. The number of amides is 6. The van der Waals surface area contributed by atoms with E-state index in [9.17, 15) is 39.4 Å². The van der Waals surface area contributed by atoms with Crippen molar-refractivity contribution in [3.8, 4) is 22.3 Å². The van der Waals surface area contributed by atoms with E-state index in [2.05, 4.69) is 0 Å². The number of nitro groups is 2. The highest BCUT2D eigenvalue weighted by Gasteiger charge is 2.32. The smallest absolute Gasteiger partial charge is 0.320 e. The van der Waals surface area contributed by atoms with Gasteiger partial charge in [-0.25, -0.2) is 9.59 Å². The molecule has 364 valence electrons. The summed E-state index contributed by atoms with van der Waals surface area (Å²) >= 11 is 26.7. The van der Waals surface area contributed by atoms with Crippen molar-refractivity contribution < 1.29 is 29.0 Å². The molecule has 0 unspecified atom stereocenters. The molecule has 0 aromatic heterocycles. The molecule has 4 aromatic carbocycles. The first-order valence-electron chi connectivity index (χ1n) is 22.2. The molecule has 0 radical (unpaired) electrons. The number of nitro benzene ring substituents is 2. The minimum absolute atomic E-state index is 0.00632. The molecule has 0 N–H and O–H groups in total. The lowest BCUT2D eigenvalue weighted by molar-refractivity contribution is -0.387. The van der Waals surface area contributed by atoms with Crippen LogP contribution in [0.1, 0.15) is 38.8 Å². The number of benzene rings is 4. The van der Waals surface area contributed by atoms with E-state index in [1.165, 1.54) is 72.8 Å². The molecule has 4 aromatic rings. The summed E-state index contributed by atoms with van der Waals surface area (Å²) in [6.07, 6.45) is 5.52. The van der Waals surface area contributed by atoms with Gasteiger partial charge < -0.3 is 29.4 Å². The molecule has 2 saturated heterocycles. The highest BCUT2D eigenvalue weighted by Crippen LogP contribution is 2.50. The lowest BCUT2D eigenvalue weighted by Crippen LogP contribution is -2.53. The van der Waals surface area contributed by atoms with Gasteiger partial charge in [0.05, 0.1) is 40.8 Å². The third-order valence-corrected chi connectivity index (χ3v) is 14.1. The molecule has 21 heteroatoms. The molecule has 0 spiro atoms. The average Bonchev–Trinajstić information content (AvgIpc) is 3.33. The molecule has 2 fully saturated rings. The Morgan fingerprint density at radius 2 is 0.884 bits per heavy atom. The average molecular weight is 1040 g/mol. The number of hydrogen-bond acceptors (Lipinski definition) is 9. The Hall–Kier alpha value is -5.85. The maximum atomic E-state index is 13.6. The number of nitrogens with zero attached hydrogens (tertiary/aromatic N) is 8. The zero-order chi connectivity index (χ0) is 50.1. The van der Waals surface area contributed by atoms with E-state index in [0.29, 0.717) is 52.4 Å². The molecule has 0 aliphatic carbocycles. The van der Waals surface area contributed by atoms with Gasteiger partial charge in [0.2, 0.25) is 11.8 Å². The Kier molecular flexibility index (Phi) is 18.0. The van der Waals surface area contributed by atoms with Crippen molar-refractivity contribution in [2.24, 2.45) is 0 Å². The van der Waals surface area contributed by atoms with Crippen LogP contribution in [0.3, 0.4) is 0 Å². The van der Waals surface area contributed by atoms with Crippen LogP contribution in [0.4, 0.5) is 21.0 Å². The van der Waals surface area contributed by atoms with Gasteiger partial charge >= 0.3 is 12.1 Å². The van der Waals surface area contributed by atoms with Crippen molar-refractivity contribution >= 4 is 106 Å². The molecule has 0 atom stereocenters. The van der Waals surface area contributed by atoms with Gasteiger partial charge in [0.15, 0.2) is 0 Å². The standard InChI is InChI=1S/C48H50Cl4N8O8S/c1-5-53(6-2)47(63)57-25-21-55(22-26-57)41(61)19-11-31-9-17-39(45(59(65)66)43(31)35-15-13-33(49)29-37(35)51)69-40-18-10-32(44(46(40)60(67)68)36-16-14-34(50)30-38(36)52)12-20-42(62)56-23-27-58(28-24-56)48(64)54(7-3)8-4/h9-20,29-30H,5-8,21-28H2,1-4H3. The van der Waals surface area contributed by atoms with Crippen LogP contribution in [-0.2, 0) is 9.59 Å². The second-order valence-corrected chi connectivity index (χ2v) is 18.6. The van der Waals surface area contributed by atoms with Gasteiger partial charge in [-0.15, -0.1) is 0 Å². The fraction of sp³-hybridized carbons (Fsp3) is 0.333. The zero-order valence-corrected chi connectivity index (χ0v) is 42.2. The van der Waals surface area contributed by atoms with Gasteiger partial charge in [0, 0.05) is 112 Å². The number of hydrogen-bond donors (Lipinski definition) is 0. The van der Waals surface area contributed by atoms with E-state index >= 15 is 0 Å². The van der Waals surface area contributed by atoms with Crippen LogP contribution in [-0.4, -0.2) is 142 Å². The quantitative estimate of drug-likeness (QED) is 0.0676. The van der Waals surface area contributed by atoms with Crippen molar-refractivity contribution in [2.45, 2.75) is 37.5 Å². The van der Waals surface area contributed by atoms with E-state index in [1.54, 1.807) is 41.5 Å². The molecule has 16 nitrogen and oxygen atoms in total. The van der Waals surface area contributed by atoms with E-state index < -0.39 is 21.2 Å². The van der Waals surface area contributed by atoms with Crippen LogP contribution in [0.25, 0.3) is 34.4 Å². The molecule has 6 rings (SSSR count). The lowest BCUT2D eigenvalue weighted by atomic mass is 9.97. The number of urea groups is 2. The Bertz CT molecular complexity index is 2520. The number of halogens is 4. The number of carbonyl (C=O) groups is 4. The minimum Gasteiger partial charge on any atom is -0.336 e. The Balaban J connectivity index is 1.38. The number of rotatable bonds is 14. The SMILES string of the molecule is CCN(CC)C(=O)N1CCN(C(=O)C=Cc2ccc(Sc3ccc(C=CC(=O)N4CCN(C(=O)N(CC)CC)CC4)c(-c4ccc(Cl)cc4Cl)c3[N+](=O)[O-])c([N+](=O)[O-])c2-c2ccc(Cl)cc2Cl)CC1. The number of carbonyl (C=O) groups excluding carboxylic acids is 4. The van der Waals surface area contributed by atoms with Crippen molar-refractivity contribution in [3.05, 3.63) is 124 Å². The summed E-state index contributed by atoms with van der Waals surface area (Å²) in [4.78, 5) is 88.3. The largest absolute Gasteiger partial charge is 0.336 e. The van der Waals surface area contributed by atoms with Crippen molar-refractivity contribution in [3.63, 3.8) is 0 Å². The maximum Gasteiger partial charge on any atom is 0.320 e. The van der Waals surface area contributed by atoms with Crippen LogP contribution in [0, 0.1) is 20.2 Å². The van der Waals surface area contributed by atoms with Crippen molar-refractivity contribution in [1.82, 2.24) is 29.4 Å². The maximum absolute atomic E-state index is 13.6. The zero-order valence-electron chi connectivity index (χ0n) is 38.3. The first-order valence-corrected chi connectivity index (χ1v) is 24.6. The highest BCUT2D eigenvalue weighted by molar-refractivity contribution is 7.99. The van der Waals surface area contributed by atoms with Crippen molar-refractivity contribution in [1.29, 1.82) is 0 Å². The summed E-state index contributed by atoms with van der Waals surface area (Å²) in [5.41, 5.74) is 0.114. The van der Waals surface area contributed by atoms with Crippen LogP contribution >= 0.6 is 58.2 Å². The van der Waals surface area contributed by atoms with E-state index in [4.69, 9.17) is 46.4 Å². The summed E-state index contributed by atoms with van der Waals surface area (Å²) in [5, 5.41) is 27.3. The Morgan fingerprint density at radius 1 is 0.551 bits per heavy atom. The van der Waals surface area contributed by atoms with Gasteiger partial charge in [-0.05, 0) is 87.4 Å². The van der Waals surface area contributed by atoms with Gasteiger partial charge in [-0.1, -0.05) is 82.4 Å². The topological polar surface area (TPSA) is 174 Å². The Morgan fingerprint density at radius 3 is 1.19 bits per heavy atom. The van der Waals surface area contributed by atoms with E-state index in [1.807, 2.05) is 27.7 Å². The van der Waals surface area contributed by atoms with Crippen molar-refractivity contribution in [2.75, 3.05) is 78.5 Å². The van der Waals surface area contributed by atoms with Gasteiger partial charge in [0.1, 0.15) is 0 Å². The predicted molar refractivity (Wildman–Crippen MR) is 272 cm³/mol. The third-order valence-electron chi connectivity index (χ3n) is 11.9. The first-order chi connectivity index (χ1) is 33.0. The second-order valence-electron chi connectivity index (χ2n) is 15.8. The summed E-state index contributed by atoms with van der Waals surface area (Å²) < 4.78 is 0. The van der Waals surface area contributed by atoms with Crippen LogP contribution in [0.5, 0.6) is 0 Å². The summed E-state index contributed by atoms with van der Waals surface area (Å²) in [6.45, 7) is 12.3. The summed E-state index contributed by atoms with van der Waals surface area (Å²) in [7, 11) is 0. The third kappa shape index (κ3) is 12.1. The molecular weight excluding hydrogens is 990 g/mol. The van der Waals surface area contributed by atoms with Crippen LogP contribution < -0.4 is 0 Å². The lowest BCUT2D eigenvalue weighted by Gasteiger charge is -2.36. The minimum atomic E-state index is -0.612. The van der Waals surface area contributed by atoms with Crippen LogP contribution in [0.2, 0.25) is 20.1 Å². The van der Waals surface area contributed by atoms with Gasteiger partial charge in [-0.3, -0.25) is 29.8 Å². The first kappa shape index (κ1) is 52.5. The van der Waals surface area contributed by atoms with E-state index in [-0.39, 0.29) is 113 Å². The van der Waals surface area contributed by atoms with E-state index in [0.717, 1.165) is 11.8 Å². The molecule has 2 heterocycles. The highest BCUT2D eigenvalue weighted by atomic mass is 35.5. The molecule has 2 aliphatic rings. The Labute approximate surface area is 424 Å². The fourth-order valence-corrected chi connectivity index (χ4v) is 10.3. The monoisotopic (exact) mass is 1040 g/mol. The molecule has 2 aliphatic heterocycles. The molecule has 69 heavy (non-hydrogen) atoms. The molecule has 6 amide bonds.